The molecule has 3 heteroatoms. The molecule has 0 spiro atoms. The number of carbonyl (C=O) groups excluding carboxylic acids is 2. The van der Waals surface area contributed by atoms with Crippen LogP contribution in [0.25, 0.3) is 0 Å². The Morgan fingerprint density at radius 2 is 1.87 bits per heavy atom. The van der Waals surface area contributed by atoms with Gasteiger partial charge in [-0.1, -0.05) is 27.7 Å². The SMILES string of the molecule is CC1=CC(=O)N(CC(C)(C)C(C)C)C1=O. The maximum Gasteiger partial charge on any atom is 0.256 e. The fourth-order valence-electron chi connectivity index (χ4n) is 1.38. The van der Waals surface area contributed by atoms with Gasteiger partial charge in [-0.3, -0.25) is 14.5 Å². The zero-order chi connectivity index (χ0) is 11.8. The van der Waals surface area contributed by atoms with Crippen LogP contribution in [0.3, 0.4) is 0 Å². The van der Waals surface area contributed by atoms with Gasteiger partial charge in [0.05, 0.1) is 0 Å². The van der Waals surface area contributed by atoms with Gasteiger partial charge in [-0.05, 0) is 18.3 Å². The maximum absolute atomic E-state index is 11.7. The normalized spacial score (nSPS) is 17.7. The molecule has 2 amide bonds. The molecule has 0 radical (unpaired) electrons. The number of hydrogen-bond donors (Lipinski definition) is 0. The first-order chi connectivity index (χ1) is 6.75. The Morgan fingerprint density at radius 3 is 2.20 bits per heavy atom. The van der Waals surface area contributed by atoms with Crippen LogP contribution in [0.5, 0.6) is 0 Å². The van der Waals surface area contributed by atoms with Gasteiger partial charge >= 0.3 is 0 Å². The summed E-state index contributed by atoms with van der Waals surface area (Å²) in [6.45, 7) is 10.5. The number of carbonyl (C=O) groups is 2. The number of rotatable bonds is 3. The molecule has 0 aromatic heterocycles. The second-order valence-electron chi connectivity index (χ2n) is 5.20. The average molecular weight is 209 g/mol. The van der Waals surface area contributed by atoms with Crippen LogP contribution in [0.4, 0.5) is 0 Å². The van der Waals surface area contributed by atoms with Gasteiger partial charge in [-0.2, -0.15) is 0 Å². The van der Waals surface area contributed by atoms with Crippen molar-refractivity contribution in [1.82, 2.24) is 4.90 Å². The zero-order valence-corrected chi connectivity index (χ0v) is 10.1. The minimum atomic E-state index is -0.175. The molecule has 0 saturated heterocycles. The average Bonchev–Trinajstić information content (AvgIpc) is 2.32. The molecule has 0 saturated carbocycles. The lowest BCUT2D eigenvalue weighted by atomic mass is 9.81. The Morgan fingerprint density at radius 1 is 1.33 bits per heavy atom. The van der Waals surface area contributed by atoms with Gasteiger partial charge in [0, 0.05) is 18.2 Å². The Kier molecular flexibility index (Phi) is 3.03. The van der Waals surface area contributed by atoms with Crippen molar-refractivity contribution in [1.29, 1.82) is 0 Å². The molecule has 0 aliphatic carbocycles. The van der Waals surface area contributed by atoms with E-state index in [1.54, 1.807) is 6.92 Å². The molecule has 0 N–H and O–H groups in total. The van der Waals surface area contributed by atoms with Crippen LogP contribution < -0.4 is 0 Å². The summed E-state index contributed by atoms with van der Waals surface area (Å²) < 4.78 is 0. The first-order valence-electron chi connectivity index (χ1n) is 5.30. The summed E-state index contributed by atoms with van der Waals surface area (Å²) >= 11 is 0. The highest BCUT2D eigenvalue weighted by Gasteiger charge is 2.34. The monoisotopic (exact) mass is 209 g/mol. The Hall–Kier alpha value is -1.12. The third-order valence-corrected chi connectivity index (χ3v) is 3.32. The molecule has 1 rings (SSSR count). The molecule has 15 heavy (non-hydrogen) atoms. The van der Waals surface area contributed by atoms with Crippen LogP contribution in [-0.2, 0) is 9.59 Å². The van der Waals surface area contributed by atoms with E-state index in [1.165, 1.54) is 11.0 Å². The van der Waals surface area contributed by atoms with Crippen molar-refractivity contribution in [3.8, 4) is 0 Å². The first-order valence-corrected chi connectivity index (χ1v) is 5.30. The highest BCUT2D eigenvalue weighted by Crippen LogP contribution is 2.29. The minimum Gasteiger partial charge on any atom is -0.275 e. The lowest BCUT2D eigenvalue weighted by Gasteiger charge is -2.32. The van der Waals surface area contributed by atoms with Crippen LogP contribution in [0.2, 0.25) is 0 Å². The molecule has 1 aliphatic heterocycles. The number of nitrogens with zero attached hydrogens (tertiary/aromatic N) is 1. The third-order valence-electron chi connectivity index (χ3n) is 3.32. The predicted molar refractivity (Wildman–Crippen MR) is 59.1 cm³/mol. The summed E-state index contributed by atoms with van der Waals surface area (Å²) in [5.41, 5.74) is 0.503. The molecule has 84 valence electrons. The molecular weight excluding hydrogens is 190 g/mol. The molecule has 1 heterocycles. The quantitative estimate of drug-likeness (QED) is 0.666. The Labute approximate surface area is 91.1 Å². The van der Waals surface area contributed by atoms with Gasteiger partial charge in [-0.25, -0.2) is 0 Å². The van der Waals surface area contributed by atoms with Crippen molar-refractivity contribution < 1.29 is 9.59 Å². The lowest BCUT2D eigenvalue weighted by Crippen LogP contribution is -2.41. The van der Waals surface area contributed by atoms with E-state index >= 15 is 0 Å². The molecule has 0 fully saturated rings. The van der Waals surface area contributed by atoms with E-state index in [0.29, 0.717) is 18.0 Å². The van der Waals surface area contributed by atoms with Gasteiger partial charge < -0.3 is 0 Å². The second kappa shape index (κ2) is 3.80. The van der Waals surface area contributed by atoms with Crippen LogP contribution in [0.1, 0.15) is 34.6 Å². The summed E-state index contributed by atoms with van der Waals surface area (Å²) in [4.78, 5) is 24.5. The third kappa shape index (κ3) is 2.28. The van der Waals surface area contributed by atoms with Gasteiger partial charge in [0.1, 0.15) is 0 Å². The standard InChI is InChI=1S/C12H19NO2/c1-8(2)12(4,5)7-13-10(14)6-9(3)11(13)15/h6,8H,7H2,1-5H3. The van der Waals surface area contributed by atoms with Crippen LogP contribution in [0.15, 0.2) is 11.6 Å². The maximum atomic E-state index is 11.7. The molecule has 0 aromatic rings. The summed E-state index contributed by atoms with van der Waals surface area (Å²) in [5, 5.41) is 0. The second-order valence-corrected chi connectivity index (χ2v) is 5.20. The lowest BCUT2D eigenvalue weighted by molar-refractivity contribution is -0.139. The molecular formula is C12H19NO2. The number of hydrogen-bond acceptors (Lipinski definition) is 2. The fourth-order valence-corrected chi connectivity index (χ4v) is 1.38. The van der Waals surface area contributed by atoms with Crippen molar-refractivity contribution in [2.75, 3.05) is 6.54 Å². The Balaban J connectivity index is 2.78. The van der Waals surface area contributed by atoms with Crippen molar-refractivity contribution in [2.45, 2.75) is 34.6 Å². The minimum absolute atomic E-state index is 0.0379. The van der Waals surface area contributed by atoms with Gasteiger partial charge in [0.2, 0.25) is 0 Å². The molecule has 0 atom stereocenters. The highest BCUT2D eigenvalue weighted by atomic mass is 16.2. The van der Waals surface area contributed by atoms with E-state index < -0.39 is 0 Å². The van der Waals surface area contributed by atoms with Gasteiger partial charge in [-0.15, -0.1) is 0 Å². The van der Waals surface area contributed by atoms with Gasteiger partial charge in [0.15, 0.2) is 0 Å². The van der Waals surface area contributed by atoms with E-state index in [4.69, 9.17) is 0 Å². The van der Waals surface area contributed by atoms with E-state index in [-0.39, 0.29) is 17.2 Å². The van der Waals surface area contributed by atoms with E-state index in [0.717, 1.165) is 0 Å². The van der Waals surface area contributed by atoms with Crippen molar-refractivity contribution in [2.24, 2.45) is 11.3 Å². The van der Waals surface area contributed by atoms with Crippen LogP contribution >= 0.6 is 0 Å². The van der Waals surface area contributed by atoms with Crippen molar-refractivity contribution in [3.05, 3.63) is 11.6 Å². The topological polar surface area (TPSA) is 37.4 Å². The van der Waals surface area contributed by atoms with E-state index in [2.05, 4.69) is 27.7 Å². The van der Waals surface area contributed by atoms with Crippen molar-refractivity contribution in [3.63, 3.8) is 0 Å². The number of amides is 2. The van der Waals surface area contributed by atoms with Crippen molar-refractivity contribution >= 4 is 11.8 Å². The van der Waals surface area contributed by atoms with Crippen LogP contribution in [-0.4, -0.2) is 23.3 Å². The largest absolute Gasteiger partial charge is 0.275 e. The molecule has 0 bridgehead atoms. The fraction of sp³-hybridized carbons (Fsp3) is 0.667. The summed E-state index contributed by atoms with van der Waals surface area (Å²) in [6, 6.07) is 0. The first kappa shape index (κ1) is 12.0. The summed E-state index contributed by atoms with van der Waals surface area (Å²) in [7, 11) is 0. The highest BCUT2D eigenvalue weighted by molar-refractivity contribution is 6.15. The summed E-state index contributed by atoms with van der Waals surface area (Å²) in [6.07, 6.45) is 1.42. The van der Waals surface area contributed by atoms with Gasteiger partial charge in [0.25, 0.3) is 11.8 Å². The summed E-state index contributed by atoms with van der Waals surface area (Å²) in [5.74, 6) is 0.110. The smallest absolute Gasteiger partial charge is 0.256 e. The van der Waals surface area contributed by atoms with Crippen LogP contribution in [0, 0.1) is 11.3 Å². The zero-order valence-electron chi connectivity index (χ0n) is 10.1. The number of imide groups is 1. The molecule has 3 nitrogen and oxygen atoms in total. The van der Waals surface area contributed by atoms with E-state index in [1.807, 2.05) is 0 Å². The molecule has 1 aliphatic rings. The van der Waals surface area contributed by atoms with E-state index in [9.17, 15) is 9.59 Å². The molecule has 0 unspecified atom stereocenters. The molecule has 0 aromatic carbocycles. The predicted octanol–water partition coefficient (Wildman–Crippen LogP) is 1.98. The Bertz CT molecular complexity index is 327.